The highest BCUT2D eigenvalue weighted by Crippen LogP contribution is 2.38. The quantitative estimate of drug-likeness (QED) is 0.0128. The van der Waals surface area contributed by atoms with Crippen molar-refractivity contribution < 1.29 is 77.0 Å². The van der Waals surface area contributed by atoms with Gasteiger partial charge in [0.05, 0.1) is 89.7 Å². The van der Waals surface area contributed by atoms with Crippen molar-refractivity contribution >= 4 is 284 Å². The number of carbonyl (C=O) groups excluding carboxylic acids is 6. The van der Waals surface area contributed by atoms with Crippen LogP contribution in [0.4, 0.5) is 15.7 Å². The maximum absolute atomic E-state index is 11.7. The molecule has 0 amide bonds. The smallest absolute Gasteiger partial charge is 0.348 e. The predicted octanol–water partition coefficient (Wildman–Crippen LogP) is 23.0. The van der Waals surface area contributed by atoms with E-state index in [0.717, 1.165) is 108 Å². The SMILES string of the molecule is BrBr.C1CCOC1.COC(=O)c1cc(Br)c(Br)s1.COC(=O)c1cc(Br)c(C=O)s1.COC(=O)c1cc2c(s1)C(N)=NC2.NN=C(c1ccccc1)c1ccccc1.O=C(O)c1cc(Br)c(Br)s1.O=C(O)c1cccs1.[C-]#[N+]c1sc(C(=O)OC)cc1Br.[C-]#[N+]c1sc(C(=O)OC)cc1NN=C(c1ccccc1)c1ccccc1. The Kier molecular flexibility index (Phi) is 46.5. The van der Waals surface area contributed by atoms with Gasteiger partial charge < -0.3 is 50.2 Å². The fourth-order valence-corrected chi connectivity index (χ4v) is 17.5. The molecule has 0 saturated carbocycles. The molecule has 24 nitrogen and oxygen atoms in total. The summed E-state index contributed by atoms with van der Waals surface area (Å²) in [6, 6.07) is 52.5. The van der Waals surface area contributed by atoms with E-state index in [0.29, 0.717) is 82.3 Å². The van der Waals surface area contributed by atoms with Gasteiger partial charge in [-0.15, -0.1) is 79.4 Å². The number of nitrogens with two attached hydrogens (primary N) is 2. The zero-order valence-corrected chi connectivity index (χ0v) is 78.1. The maximum Gasteiger partial charge on any atom is 0.348 e. The molecule has 13 rings (SSSR count). The van der Waals surface area contributed by atoms with Crippen molar-refractivity contribution in [3.05, 3.63) is 295 Å². The summed E-state index contributed by atoms with van der Waals surface area (Å²) in [7, 11) is 6.66. The van der Waals surface area contributed by atoms with E-state index < -0.39 is 29.8 Å². The van der Waals surface area contributed by atoms with E-state index in [1.165, 1.54) is 93.7 Å². The first kappa shape index (κ1) is 98.3. The fraction of sp³-hybridized carbons (Fsp3) is 0.133. The second-order valence-corrected chi connectivity index (χ2v) is 34.1. The zero-order valence-electron chi connectivity index (χ0n) is 59.7. The van der Waals surface area contributed by atoms with Gasteiger partial charge in [-0.1, -0.05) is 143 Å². The largest absolute Gasteiger partial charge is 0.477 e. The number of fused-ring (bicyclic) bond motifs is 1. The Hall–Kier alpha value is -8.07. The van der Waals surface area contributed by atoms with Crippen LogP contribution < -0.4 is 17.0 Å². The molecule has 0 radical (unpaired) electrons. The van der Waals surface area contributed by atoms with Gasteiger partial charge in [0.25, 0.3) is 10.0 Å². The number of hydrogen-bond donors (Lipinski definition) is 5. The van der Waals surface area contributed by atoms with Crippen LogP contribution >= 0.6 is 203 Å². The average molecular weight is 2200 g/mol. The Labute approximate surface area is 748 Å². The Morgan fingerprint density at radius 2 is 0.886 bits per heavy atom. The number of aromatic carboxylic acids is 2. The minimum atomic E-state index is -0.892. The number of nitrogens with zero attached hydrogens (tertiary/aromatic N) is 5. The second kappa shape index (κ2) is 54.0. The highest BCUT2D eigenvalue weighted by atomic mass is 80.9. The molecule has 0 aliphatic carbocycles. The minimum absolute atomic E-state index is 0.304. The first-order valence-electron chi connectivity index (χ1n) is 31.5. The Morgan fingerprint density at radius 3 is 1.21 bits per heavy atom. The number of amidine groups is 1. The fourth-order valence-electron chi connectivity index (χ4n) is 8.28. The third kappa shape index (κ3) is 32.5. The van der Waals surface area contributed by atoms with Crippen molar-refractivity contribution in [2.45, 2.75) is 19.4 Å². The van der Waals surface area contributed by atoms with Crippen LogP contribution in [0.3, 0.4) is 0 Å². The van der Waals surface area contributed by atoms with Gasteiger partial charge in [-0.25, -0.2) is 43.3 Å². The average Bonchev–Trinajstić information content (AvgIpc) is 1.64. The maximum atomic E-state index is 11.7. The molecule has 39 heteroatoms. The lowest BCUT2D eigenvalue weighted by Gasteiger charge is -2.08. The van der Waals surface area contributed by atoms with Gasteiger partial charge in [0, 0.05) is 81.6 Å². The molecule has 0 bridgehead atoms. The number of carboxylic acid groups (broad SMARTS) is 2. The van der Waals surface area contributed by atoms with Crippen LogP contribution in [0.25, 0.3) is 9.69 Å². The number of aldehydes is 1. The van der Waals surface area contributed by atoms with Crippen molar-refractivity contribution in [1.29, 1.82) is 0 Å². The van der Waals surface area contributed by atoms with Crippen molar-refractivity contribution in [2.75, 3.05) is 54.2 Å². The molecular weight excluding hydrogens is 2130 g/mol. The number of hydrazone groups is 2. The third-order valence-electron chi connectivity index (χ3n) is 13.5. The molecule has 0 spiro atoms. The lowest BCUT2D eigenvalue weighted by Crippen LogP contribution is -2.08. The first-order valence-corrected chi connectivity index (χ1v) is 45.8. The number of carboxylic acids is 2. The lowest BCUT2D eigenvalue weighted by atomic mass is 10.0. The first-order chi connectivity index (χ1) is 54.8. The number of aliphatic imine (C=N–C) groups is 1. The molecule has 114 heavy (non-hydrogen) atoms. The topological polar surface area (TPSA) is 342 Å². The summed E-state index contributed by atoms with van der Waals surface area (Å²) in [5.74, 6) is 2.29. The molecule has 0 atom stereocenters. The molecule has 0 unspecified atom stereocenters. The monoisotopic (exact) mass is 2190 g/mol. The van der Waals surface area contributed by atoms with E-state index >= 15 is 0 Å². The number of esters is 5. The van der Waals surface area contributed by atoms with E-state index in [9.17, 15) is 38.4 Å². The number of thiophene rings is 7. The highest BCUT2D eigenvalue weighted by molar-refractivity contribution is 9.93. The van der Waals surface area contributed by atoms with E-state index in [-0.39, 0.29) is 11.9 Å². The number of benzene rings is 4. The van der Waals surface area contributed by atoms with Gasteiger partial charge in [-0.3, -0.25) is 15.2 Å². The number of ether oxygens (including phenoxy) is 6. The number of nitrogens with one attached hydrogen (secondary N) is 1. The van der Waals surface area contributed by atoms with Crippen LogP contribution in [0.2, 0.25) is 0 Å². The number of hydrogen-bond acceptors (Lipinski definition) is 27. The number of rotatable bonds is 14. The summed E-state index contributed by atoms with van der Waals surface area (Å²) < 4.78 is 32.4. The minimum Gasteiger partial charge on any atom is -0.477 e. The standard InChI is InChI=1S/C20H15N3O2S.C13H12N2.C8H8N2O2S.C7H4BrNO2S.C7H5BrO3S.C6H4Br2O2S.C5H2Br2O2S.C5H4O2S.C4H8O.Br2/c1-21-19-16(13-17(26-19)20(24)25-2)22-23-18(14-9-5-3-6-10-14)15-11-7-4-8-12-15;14-15-13(11-7-3-1-4-8-11)12-9-5-2-6-10-12;1-12-8(11)5-2-4-3-10-7(9)6(4)13-5;1-9-6-4(8)3-5(12-6)7(10)11-2;1-11-7(10)5-2-4(8)6(3-9)12-5;1-10-6(9)4-2-3(7)5(8)11-4;6-2-1-3(5(8)9)10-4(2)7;6-5(7)4-2-1-3-8-4;1-2-4-5-3-1;1-2/h3-13,22H,2H3;1-10H,14H2;2H,3H2,1H3,(H2,9,10);3H,2H3;2-3H,1H3;2H,1H3;1H,(H,8,9);1-3H,(H,6,7);1-4H2;. The summed E-state index contributed by atoms with van der Waals surface area (Å²) in [5.41, 5.74) is 15.6. The summed E-state index contributed by atoms with van der Waals surface area (Å²) in [6.45, 7) is 16.6. The number of anilines is 1. The predicted molar refractivity (Wildman–Crippen MR) is 482 cm³/mol. The van der Waals surface area contributed by atoms with E-state index in [2.05, 4.69) is 173 Å². The van der Waals surface area contributed by atoms with Gasteiger partial charge in [0.15, 0.2) is 6.29 Å². The van der Waals surface area contributed by atoms with E-state index in [4.69, 9.17) is 44.4 Å². The number of methoxy groups -OCH3 is 5. The summed E-state index contributed by atoms with van der Waals surface area (Å²) in [6.07, 6.45) is 3.25. The molecule has 1 fully saturated rings. The normalized spacial score (nSPS) is 10.6. The van der Waals surface area contributed by atoms with Gasteiger partial charge >= 0.3 is 41.8 Å². The van der Waals surface area contributed by atoms with Gasteiger partial charge in [-0.05, 0) is 146 Å². The molecule has 1 saturated heterocycles. The van der Waals surface area contributed by atoms with Crippen LogP contribution in [0.1, 0.15) is 123 Å². The Morgan fingerprint density at radius 1 is 0.500 bits per heavy atom. The van der Waals surface area contributed by atoms with Gasteiger partial charge in [0.1, 0.15) is 40.0 Å². The van der Waals surface area contributed by atoms with Gasteiger partial charge in [-0.2, -0.15) is 10.2 Å². The van der Waals surface area contributed by atoms with Crippen molar-refractivity contribution in [3.8, 4) is 0 Å². The summed E-state index contributed by atoms with van der Waals surface area (Å²) in [4.78, 5) is 102. The van der Waals surface area contributed by atoms with Crippen LogP contribution in [0.15, 0.2) is 216 Å². The molecule has 2 aliphatic rings. The zero-order chi connectivity index (χ0) is 84.2. The molecule has 11 aromatic rings. The van der Waals surface area contributed by atoms with Crippen molar-refractivity contribution in [2.24, 2.45) is 26.8 Å². The Balaban J connectivity index is 0.000000278. The van der Waals surface area contributed by atoms with Crippen LogP contribution in [0, 0.1) is 13.1 Å². The van der Waals surface area contributed by atoms with Crippen molar-refractivity contribution in [1.82, 2.24) is 0 Å². The molecule has 2 aliphatic heterocycles. The van der Waals surface area contributed by atoms with Crippen LogP contribution in [0.5, 0.6) is 0 Å². The molecule has 7 aromatic heterocycles. The van der Waals surface area contributed by atoms with E-state index in [1.54, 1.807) is 53.9 Å². The number of carbonyl (C=O) groups is 8. The lowest BCUT2D eigenvalue weighted by molar-refractivity contribution is 0.0597. The summed E-state index contributed by atoms with van der Waals surface area (Å²) in [5, 5.41) is 27.7. The summed E-state index contributed by atoms with van der Waals surface area (Å²) >= 11 is 33.1. The molecular formula is C75H62Br8N8O16S7. The molecule has 7 N–H and O–H groups in total. The molecule has 4 aromatic carbocycles. The Bertz CT molecular complexity index is 5010. The number of halogens is 8. The molecule has 9 heterocycles. The molecule has 596 valence electrons. The third-order valence-corrected chi connectivity index (χ3v) is 26.8. The second-order valence-electron chi connectivity index (χ2n) is 20.8. The van der Waals surface area contributed by atoms with Crippen molar-refractivity contribution in [3.63, 3.8) is 0 Å². The van der Waals surface area contributed by atoms with Crippen LogP contribution in [-0.4, -0.2) is 124 Å². The van der Waals surface area contributed by atoms with Crippen LogP contribution in [-0.2, 0) is 35.0 Å². The van der Waals surface area contributed by atoms with E-state index in [1.807, 2.05) is 121 Å². The van der Waals surface area contributed by atoms with Gasteiger partial charge in [0.2, 0.25) is 0 Å². The highest BCUT2D eigenvalue weighted by Gasteiger charge is 2.22.